The summed E-state index contributed by atoms with van der Waals surface area (Å²) in [6, 6.07) is 8.96. The van der Waals surface area contributed by atoms with Gasteiger partial charge in [-0.05, 0) is 44.2 Å². The molecule has 0 spiro atoms. The molecule has 1 aromatic carbocycles. The van der Waals surface area contributed by atoms with Gasteiger partial charge in [-0.3, -0.25) is 0 Å². The van der Waals surface area contributed by atoms with E-state index in [1.54, 1.807) is 12.1 Å². The molecule has 7 heteroatoms. The van der Waals surface area contributed by atoms with Crippen LogP contribution in [0.4, 0.5) is 5.69 Å². The summed E-state index contributed by atoms with van der Waals surface area (Å²) in [6.07, 6.45) is 0. The molecule has 0 aliphatic heterocycles. The first-order chi connectivity index (χ1) is 11.9. The fraction of sp³-hybridized carbons (Fsp3) is 0.278. The van der Waals surface area contributed by atoms with Crippen molar-refractivity contribution in [1.29, 1.82) is 0 Å². The number of furan rings is 1. The monoisotopic (exact) mass is 341 g/mol. The molecule has 130 valence electrons. The molecule has 0 radical (unpaired) electrons. The van der Waals surface area contributed by atoms with Crippen LogP contribution in [-0.2, 0) is 11.3 Å². The standard InChI is InChI=1S/C18H19N3O4/c1-11-9-15(12(2)24-11)17-20-19-16(25-17)10-23-18(22)13-5-7-14(8-6-13)21(3)4/h5-9H,10H2,1-4H3. The molecule has 25 heavy (non-hydrogen) atoms. The summed E-state index contributed by atoms with van der Waals surface area (Å²) < 4.78 is 16.2. The van der Waals surface area contributed by atoms with Gasteiger partial charge in [-0.1, -0.05) is 0 Å². The van der Waals surface area contributed by atoms with Crippen LogP contribution in [0, 0.1) is 13.8 Å². The van der Waals surface area contributed by atoms with E-state index in [1.165, 1.54) is 0 Å². The Morgan fingerprint density at radius 3 is 2.44 bits per heavy atom. The minimum absolute atomic E-state index is 0.0862. The maximum atomic E-state index is 12.1. The highest BCUT2D eigenvalue weighted by Crippen LogP contribution is 2.25. The molecular weight excluding hydrogens is 322 g/mol. The number of carbonyl (C=O) groups excluding carboxylic acids is 1. The predicted octanol–water partition coefficient (Wildman–Crippen LogP) is 3.37. The summed E-state index contributed by atoms with van der Waals surface area (Å²) in [7, 11) is 3.87. The zero-order valence-corrected chi connectivity index (χ0v) is 14.6. The Labute approximate surface area is 145 Å². The van der Waals surface area contributed by atoms with Crippen LogP contribution in [0.1, 0.15) is 27.8 Å². The molecular formula is C18H19N3O4. The first-order valence-electron chi connectivity index (χ1n) is 7.78. The number of ether oxygens (including phenoxy) is 1. The minimum Gasteiger partial charge on any atom is -0.466 e. The highest BCUT2D eigenvalue weighted by atomic mass is 16.5. The van der Waals surface area contributed by atoms with E-state index >= 15 is 0 Å². The van der Waals surface area contributed by atoms with Gasteiger partial charge in [0.15, 0.2) is 6.61 Å². The van der Waals surface area contributed by atoms with Gasteiger partial charge in [-0.25, -0.2) is 4.79 Å². The number of hydrogen-bond donors (Lipinski definition) is 0. The molecule has 0 N–H and O–H groups in total. The number of aromatic nitrogens is 2. The average Bonchev–Trinajstić information content (AvgIpc) is 3.18. The molecule has 0 amide bonds. The lowest BCUT2D eigenvalue weighted by molar-refractivity contribution is 0.0438. The van der Waals surface area contributed by atoms with Crippen molar-refractivity contribution in [3.63, 3.8) is 0 Å². The molecule has 0 saturated carbocycles. The van der Waals surface area contributed by atoms with Gasteiger partial charge < -0.3 is 18.5 Å². The number of benzene rings is 1. The van der Waals surface area contributed by atoms with Crippen LogP contribution in [0.25, 0.3) is 11.5 Å². The zero-order chi connectivity index (χ0) is 18.0. The summed E-state index contributed by atoms with van der Waals surface area (Å²) in [5.74, 6) is 1.59. The van der Waals surface area contributed by atoms with Crippen molar-refractivity contribution < 1.29 is 18.4 Å². The molecule has 3 aromatic rings. The number of anilines is 1. The second kappa shape index (κ2) is 6.80. The van der Waals surface area contributed by atoms with E-state index in [4.69, 9.17) is 13.6 Å². The molecule has 7 nitrogen and oxygen atoms in total. The third-order valence-electron chi connectivity index (χ3n) is 3.68. The van der Waals surface area contributed by atoms with Crippen LogP contribution < -0.4 is 4.90 Å². The van der Waals surface area contributed by atoms with E-state index in [0.29, 0.717) is 17.2 Å². The van der Waals surface area contributed by atoms with Crippen molar-refractivity contribution in [3.8, 4) is 11.5 Å². The molecule has 0 saturated heterocycles. The molecule has 0 aliphatic carbocycles. The van der Waals surface area contributed by atoms with Crippen LogP contribution in [-0.4, -0.2) is 30.3 Å². The van der Waals surface area contributed by atoms with Gasteiger partial charge >= 0.3 is 5.97 Å². The lowest BCUT2D eigenvalue weighted by atomic mass is 10.2. The summed E-state index contributed by atoms with van der Waals surface area (Å²) in [4.78, 5) is 14.0. The first kappa shape index (κ1) is 16.8. The first-order valence-corrected chi connectivity index (χ1v) is 7.78. The van der Waals surface area contributed by atoms with E-state index < -0.39 is 5.97 Å². The second-order valence-corrected chi connectivity index (χ2v) is 5.85. The SMILES string of the molecule is Cc1cc(-c2nnc(COC(=O)c3ccc(N(C)C)cc3)o2)c(C)o1. The van der Waals surface area contributed by atoms with E-state index in [0.717, 1.165) is 17.0 Å². The van der Waals surface area contributed by atoms with Crippen LogP contribution in [0.5, 0.6) is 0 Å². The fourth-order valence-corrected chi connectivity index (χ4v) is 2.37. The Morgan fingerprint density at radius 2 is 1.84 bits per heavy atom. The topological polar surface area (TPSA) is 81.6 Å². The van der Waals surface area contributed by atoms with Gasteiger partial charge in [0.25, 0.3) is 11.8 Å². The lowest BCUT2D eigenvalue weighted by Gasteiger charge is -2.12. The van der Waals surface area contributed by atoms with Crippen LogP contribution >= 0.6 is 0 Å². The molecule has 0 fully saturated rings. The van der Waals surface area contributed by atoms with Gasteiger partial charge in [0.2, 0.25) is 0 Å². The molecule has 2 heterocycles. The Bertz CT molecular complexity index is 878. The fourth-order valence-electron chi connectivity index (χ4n) is 2.37. The van der Waals surface area contributed by atoms with Gasteiger partial charge in [0, 0.05) is 19.8 Å². The number of carbonyl (C=O) groups is 1. The lowest BCUT2D eigenvalue weighted by Crippen LogP contribution is -2.09. The average molecular weight is 341 g/mol. The van der Waals surface area contributed by atoms with E-state index in [2.05, 4.69) is 10.2 Å². The van der Waals surface area contributed by atoms with Crippen molar-refractivity contribution in [2.45, 2.75) is 20.5 Å². The largest absolute Gasteiger partial charge is 0.466 e. The van der Waals surface area contributed by atoms with Gasteiger partial charge in [-0.2, -0.15) is 0 Å². The van der Waals surface area contributed by atoms with E-state index in [9.17, 15) is 4.79 Å². The maximum absolute atomic E-state index is 12.1. The summed E-state index contributed by atoms with van der Waals surface area (Å²) in [6.45, 7) is 3.58. The molecule has 0 unspecified atom stereocenters. The number of rotatable bonds is 5. The molecule has 3 rings (SSSR count). The van der Waals surface area contributed by atoms with Crippen molar-refractivity contribution in [1.82, 2.24) is 10.2 Å². The molecule has 0 bridgehead atoms. The predicted molar refractivity (Wildman–Crippen MR) is 91.4 cm³/mol. The number of hydrogen-bond acceptors (Lipinski definition) is 7. The number of esters is 1. The molecule has 2 aromatic heterocycles. The summed E-state index contributed by atoms with van der Waals surface area (Å²) in [5, 5.41) is 7.87. The third kappa shape index (κ3) is 3.71. The number of aryl methyl sites for hydroxylation is 2. The van der Waals surface area contributed by atoms with Crippen molar-refractivity contribution in [3.05, 3.63) is 53.3 Å². The quantitative estimate of drug-likeness (QED) is 0.658. The van der Waals surface area contributed by atoms with Gasteiger partial charge in [0.05, 0.1) is 11.1 Å². The second-order valence-electron chi connectivity index (χ2n) is 5.85. The number of nitrogens with zero attached hydrogens (tertiary/aromatic N) is 3. The van der Waals surface area contributed by atoms with Crippen LogP contribution in [0.2, 0.25) is 0 Å². The summed E-state index contributed by atoms with van der Waals surface area (Å²) in [5.41, 5.74) is 2.21. The smallest absolute Gasteiger partial charge is 0.338 e. The molecule has 0 atom stereocenters. The van der Waals surface area contributed by atoms with Crippen LogP contribution in [0.15, 0.2) is 39.2 Å². The maximum Gasteiger partial charge on any atom is 0.338 e. The Kier molecular flexibility index (Phi) is 4.56. The Morgan fingerprint density at radius 1 is 1.12 bits per heavy atom. The Hall–Kier alpha value is -3.09. The van der Waals surface area contributed by atoms with Crippen molar-refractivity contribution in [2.75, 3.05) is 19.0 Å². The van der Waals surface area contributed by atoms with Crippen LogP contribution in [0.3, 0.4) is 0 Å². The van der Waals surface area contributed by atoms with Gasteiger partial charge in [0.1, 0.15) is 11.5 Å². The van der Waals surface area contributed by atoms with E-state index in [1.807, 2.05) is 51.0 Å². The van der Waals surface area contributed by atoms with E-state index in [-0.39, 0.29) is 12.5 Å². The van der Waals surface area contributed by atoms with Crippen molar-refractivity contribution >= 4 is 11.7 Å². The zero-order valence-electron chi connectivity index (χ0n) is 14.6. The summed E-state index contributed by atoms with van der Waals surface area (Å²) >= 11 is 0. The minimum atomic E-state index is -0.444. The third-order valence-corrected chi connectivity index (χ3v) is 3.68. The van der Waals surface area contributed by atoms with Crippen molar-refractivity contribution in [2.24, 2.45) is 0 Å². The normalized spacial score (nSPS) is 10.7. The molecule has 0 aliphatic rings. The Balaban J connectivity index is 1.64. The van der Waals surface area contributed by atoms with Gasteiger partial charge in [-0.15, -0.1) is 10.2 Å². The highest BCUT2D eigenvalue weighted by Gasteiger charge is 2.16. The highest BCUT2D eigenvalue weighted by molar-refractivity contribution is 5.89.